The Morgan fingerprint density at radius 1 is 1.24 bits per heavy atom. The van der Waals surface area contributed by atoms with E-state index in [1.54, 1.807) is 16.4 Å². The molecule has 1 saturated carbocycles. The number of hydrazine groups is 1. The van der Waals surface area contributed by atoms with Gasteiger partial charge in [0, 0.05) is 37.4 Å². The Morgan fingerprint density at radius 2 is 2.00 bits per heavy atom. The van der Waals surface area contributed by atoms with Gasteiger partial charge in [0.2, 0.25) is 15.9 Å². The van der Waals surface area contributed by atoms with E-state index in [2.05, 4.69) is 27.1 Å². The minimum Gasteiger partial charge on any atom is -0.368 e. The molecule has 3 unspecified atom stereocenters. The van der Waals surface area contributed by atoms with Crippen molar-refractivity contribution >= 4 is 21.6 Å². The van der Waals surface area contributed by atoms with Gasteiger partial charge in [-0.2, -0.15) is 9.57 Å². The fourth-order valence-electron chi connectivity index (χ4n) is 5.64. The van der Waals surface area contributed by atoms with Gasteiger partial charge < -0.3 is 10.6 Å². The van der Waals surface area contributed by atoms with E-state index in [1.807, 2.05) is 13.0 Å². The first-order chi connectivity index (χ1) is 15.9. The minimum atomic E-state index is -3.48. The van der Waals surface area contributed by atoms with Crippen LogP contribution in [0.3, 0.4) is 0 Å². The normalized spacial score (nSPS) is 29.3. The first kappa shape index (κ1) is 22.6. The summed E-state index contributed by atoms with van der Waals surface area (Å²) in [6.45, 7) is 3.60. The number of benzene rings is 1. The van der Waals surface area contributed by atoms with Gasteiger partial charge >= 0.3 is 0 Å². The lowest BCUT2D eigenvalue weighted by atomic mass is 9.90. The summed E-state index contributed by atoms with van der Waals surface area (Å²) in [6.07, 6.45) is 5.01. The maximum Gasteiger partial charge on any atom is 0.243 e. The zero-order valence-corrected chi connectivity index (χ0v) is 19.8. The van der Waals surface area contributed by atoms with Crippen molar-refractivity contribution in [1.82, 2.24) is 20.1 Å². The molecule has 5 rings (SSSR count). The molecule has 1 aromatic carbocycles. The van der Waals surface area contributed by atoms with E-state index in [-0.39, 0.29) is 30.1 Å². The highest BCUT2D eigenvalue weighted by Crippen LogP contribution is 2.41. The van der Waals surface area contributed by atoms with Crippen LogP contribution in [-0.4, -0.2) is 61.5 Å². The Labute approximate surface area is 195 Å². The number of hydrogen-bond donors (Lipinski definition) is 3. The molecule has 1 amide bonds. The molecule has 9 nitrogen and oxygen atoms in total. The molecule has 1 aromatic rings. The second kappa shape index (κ2) is 8.87. The predicted octanol–water partition coefficient (Wildman–Crippen LogP) is 1.53. The summed E-state index contributed by atoms with van der Waals surface area (Å²) < 4.78 is 27.6. The van der Waals surface area contributed by atoms with Crippen molar-refractivity contribution in [2.45, 2.75) is 68.6 Å². The van der Waals surface area contributed by atoms with Crippen LogP contribution in [0.5, 0.6) is 0 Å². The van der Waals surface area contributed by atoms with Crippen LogP contribution in [0, 0.1) is 30.1 Å². The average molecular weight is 473 g/mol. The van der Waals surface area contributed by atoms with E-state index in [9.17, 15) is 18.5 Å². The summed E-state index contributed by atoms with van der Waals surface area (Å²) in [5, 5.41) is 18.0. The molecule has 4 atom stereocenters. The smallest absolute Gasteiger partial charge is 0.243 e. The van der Waals surface area contributed by atoms with Gasteiger partial charge in [-0.3, -0.25) is 4.79 Å². The second-order valence-electron chi connectivity index (χ2n) is 9.69. The molecular formula is C23H32N6O3S. The fourth-order valence-corrected chi connectivity index (χ4v) is 7.37. The molecule has 0 radical (unpaired) electrons. The monoisotopic (exact) mass is 472 g/mol. The lowest BCUT2D eigenvalue weighted by Crippen LogP contribution is -2.52. The van der Waals surface area contributed by atoms with Gasteiger partial charge in [-0.1, -0.05) is 0 Å². The molecule has 3 saturated heterocycles. The Bertz CT molecular complexity index is 1060. The third-order valence-corrected chi connectivity index (χ3v) is 9.52. The number of amides is 1. The first-order valence-corrected chi connectivity index (χ1v) is 13.4. The standard InChI is InChI=1S/C23H32N6O3S/c1-15-14-17(6-7-20(15)33(31,32)28-12-2-3-13-28)26-22-21-19(9-11-25-23(21)30)29(27-22)18(8-10-24)16-4-5-16/h6-7,14,16,18-19,21-22,26-27H,2-5,8-9,11-13H2,1H3,(H,25,30)/t18-,19?,21?,22?/m0/s1. The lowest BCUT2D eigenvalue weighted by molar-refractivity contribution is -0.128. The summed E-state index contributed by atoms with van der Waals surface area (Å²) in [6, 6.07) is 7.76. The molecule has 178 valence electrons. The number of nitriles is 1. The summed E-state index contributed by atoms with van der Waals surface area (Å²) in [5.41, 5.74) is 4.97. The molecule has 4 fully saturated rings. The predicted molar refractivity (Wildman–Crippen MR) is 123 cm³/mol. The van der Waals surface area contributed by atoms with Crippen molar-refractivity contribution in [2.75, 3.05) is 25.0 Å². The summed E-state index contributed by atoms with van der Waals surface area (Å²) in [7, 11) is -3.48. The number of rotatable bonds is 7. The number of sulfonamides is 1. The number of nitrogens with zero attached hydrogens (tertiary/aromatic N) is 3. The summed E-state index contributed by atoms with van der Waals surface area (Å²) >= 11 is 0. The van der Waals surface area contributed by atoms with E-state index < -0.39 is 10.0 Å². The molecular weight excluding hydrogens is 440 g/mol. The highest BCUT2D eigenvalue weighted by Gasteiger charge is 2.51. The fraction of sp³-hybridized carbons (Fsp3) is 0.652. The molecule has 3 heterocycles. The van der Waals surface area contributed by atoms with Crippen molar-refractivity contribution in [3.63, 3.8) is 0 Å². The highest BCUT2D eigenvalue weighted by atomic mass is 32.2. The van der Waals surface area contributed by atoms with Gasteiger partial charge in [0.05, 0.1) is 23.3 Å². The zero-order chi connectivity index (χ0) is 23.2. The van der Waals surface area contributed by atoms with Crippen molar-refractivity contribution in [3.05, 3.63) is 23.8 Å². The number of anilines is 1. The first-order valence-electron chi connectivity index (χ1n) is 12.0. The molecule has 33 heavy (non-hydrogen) atoms. The molecule has 4 aliphatic rings. The van der Waals surface area contributed by atoms with E-state index >= 15 is 0 Å². The minimum absolute atomic E-state index is 0.00945. The van der Waals surface area contributed by atoms with Gasteiger partial charge in [-0.25, -0.2) is 18.9 Å². The topological polar surface area (TPSA) is 118 Å². The maximum absolute atomic E-state index is 13.0. The van der Waals surface area contributed by atoms with Crippen LogP contribution in [0.25, 0.3) is 0 Å². The number of hydrogen-bond acceptors (Lipinski definition) is 7. The Kier molecular flexibility index (Phi) is 6.07. The quantitative estimate of drug-likeness (QED) is 0.551. The van der Waals surface area contributed by atoms with E-state index in [0.29, 0.717) is 42.4 Å². The Morgan fingerprint density at radius 3 is 2.67 bits per heavy atom. The number of nitrogens with one attached hydrogen (secondary N) is 3. The zero-order valence-electron chi connectivity index (χ0n) is 19.0. The number of piperidine rings is 1. The largest absolute Gasteiger partial charge is 0.368 e. The van der Waals surface area contributed by atoms with Crippen LogP contribution in [0.1, 0.15) is 44.1 Å². The van der Waals surface area contributed by atoms with Gasteiger partial charge in [0.1, 0.15) is 6.17 Å². The van der Waals surface area contributed by atoms with Crippen LogP contribution >= 0.6 is 0 Å². The van der Waals surface area contributed by atoms with Gasteiger partial charge in [0.15, 0.2) is 0 Å². The Balaban J connectivity index is 1.37. The third-order valence-electron chi connectivity index (χ3n) is 7.47. The van der Waals surface area contributed by atoms with Crippen LogP contribution in [-0.2, 0) is 14.8 Å². The van der Waals surface area contributed by atoms with Crippen LogP contribution in [0.4, 0.5) is 5.69 Å². The van der Waals surface area contributed by atoms with Crippen molar-refractivity contribution in [3.8, 4) is 6.07 Å². The highest BCUT2D eigenvalue weighted by molar-refractivity contribution is 7.89. The summed E-state index contributed by atoms with van der Waals surface area (Å²) in [5.74, 6) is 0.223. The third kappa shape index (κ3) is 4.23. The lowest BCUT2D eigenvalue weighted by Gasteiger charge is -2.34. The molecule has 3 N–H and O–H groups in total. The van der Waals surface area contributed by atoms with Gasteiger partial charge in [-0.05, 0) is 68.7 Å². The summed E-state index contributed by atoms with van der Waals surface area (Å²) in [4.78, 5) is 13.2. The van der Waals surface area contributed by atoms with Crippen LogP contribution < -0.4 is 16.1 Å². The maximum atomic E-state index is 13.0. The Hall–Kier alpha value is -2.19. The molecule has 3 aliphatic heterocycles. The van der Waals surface area contributed by atoms with E-state index in [1.165, 1.54) is 0 Å². The van der Waals surface area contributed by atoms with Crippen molar-refractivity contribution in [1.29, 1.82) is 5.26 Å². The average Bonchev–Trinajstić information content (AvgIpc) is 3.32. The number of aryl methyl sites for hydroxylation is 1. The van der Waals surface area contributed by atoms with Crippen LogP contribution in [0.2, 0.25) is 0 Å². The molecule has 0 aromatic heterocycles. The van der Waals surface area contributed by atoms with Crippen molar-refractivity contribution < 1.29 is 13.2 Å². The molecule has 0 bridgehead atoms. The number of carbonyl (C=O) groups excluding carboxylic acids is 1. The number of carbonyl (C=O) groups is 1. The second-order valence-corrected chi connectivity index (χ2v) is 11.6. The van der Waals surface area contributed by atoms with E-state index in [0.717, 1.165) is 37.8 Å². The van der Waals surface area contributed by atoms with Crippen LogP contribution in [0.15, 0.2) is 23.1 Å². The SMILES string of the molecule is Cc1cc(NC2NN([C@@H](CC#N)C3CC3)C3CCNC(=O)C23)ccc1S(=O)(=O)N1CCCC1. The van der Waals surface area contributed by atoms with E-state index in [4.69, 9.17) is 0 Å². The number of fused-ring (bicyclic) bond motifs is 1. The molecule has 10 heteroatoms. The molecule has 0 spiro atoms. The van der Waals surface area contributed by atoms with Gasteiger partial charge in [0.25, 0.3) is 0 Å². The van der Waals surface area contributed by atoms with Crippen molar-refractivity contribution in [2.24, 2.45) is 11.8 Å². The van der Waals surface area contributed by atoms with Gasteiger partial charge in [-0.15, -0.1) is 0 Å². The molecule has 1 aliphatic carbocycles.